The first-order valence-electron chi connectivity index (χ1n) is 6.10. The largest absolute Gasteiger partial charge is 0.298 e. The van der Waals surface area contributed by atoms with E-state index < -0.39 is 0 Å². The lowest BCUT2D eigenvalue weighted by atomic mass is 9.91. The Kier molecular flexibility index (Phi) is 4.69. The van der Waals surface area contributed by atoms with E-state index in [1.54, 1.807) is 0 Å². The fourth-order valence-electron chi connectivity index (χ4n) is 2.35. The Hall–Kier alpha value is -0.280. The molecule has 1 nitrogen and oxygen atoms in total. The molecule has 0 radical (unpaired) electrons. The van der Waals surface area contributed by atoms with Gasteiger partial charge in [0.15, 0.2) is 6.29 Å². The zero-order valence-corrected chi connectivity index (χ0v) is 12.4. The second kappa shape index (κ2) is 6.05. The van der Waals surface area contributed by atoms with Gasteiger partial charge in [0, 0.05) is 20.2 Å². The van der Waals surface area contributed by atoms with Crippen LogP contribution in [0.2, 0.25) is 0 Å². The molecule has 1 fully saturated rings. The summed E-state index contributed by atoms with van der Waals surface area (Å²) in [4.78, 5) is 12.0. The van der Waals surface area contributed by atoms with Crippen LogP contribution in [0.3, 0.4) is 0 Å². The molecule has 0 saturated heterocycles. The Balaban J connectivity index is 2.03. The second-order valence-corrected chi connectivity index (χ2v) is 7.04. The number of carbonyl (C=O) groups excluding carboxylic acids is 1. The van der Waals surface area contributed by atoms with Crippen LogP contribution in [-0.4, -0.2) is 11.5 Å². The second-order valence-electron chi connectivity index (χ2n) is 4.81. The lowest BCUT2D eigenvalue weighted by Gasteiger charge is -2.26. The number of hydrogen-bond donors (Lipinski definition) is 0. The maximum Gasteiger partial charge on any atom is 0.151 e. The molecular formula is C14H17BrOS. The van der Waals surface area contributed by atoms with Crippen molar-refractivity contribution in [2.45, 2.75) is 42.8 Å². The van der Waals surface area contributed by atoms with Crippen LogP contribution in [0.25, 0.3) is 0 Å². The van der Waals surface area contributed by atoms with Gasteiger partial charge >= 0.3 is 0 Å². The maximum atomic E-state index is 10.7. The monoisotopic (exact) mass is 312 g/mol. The first-order valence-corrected chi connectivity index (χ1v) is 7.77. The average molecular weight is 313 g/mol. The van der Waals surface area contributed by atoms with Gasteiger partial charge in [-0.15, -0.1) is 11.8 Å². The Labute approximate surface area is 115 Å². The van der Waals surface area contributed by atoms with Crippen LogP contribution in [0.15, 0.2) is 27.6 Å². The molecule has 0 bridgehead atoms. The molecule has 92 valence electrons. The predicted octanol–water partition coefficient (Wildman–Crippen LogP) is 4.93. The van der Waals surface area contributed by atoms with Crippen molar-refractivity contribution in [1.29, 1.82) is 0 Å². The standard InChI is InChI=1S/C14H17BrOS/c1-10-3-2-4-12(7-10)17-13-6-5-11(9-16)14(15)8-13/h5-6,8-10,12H,2-4,7H2,1H3. The SMILES string of the molecule is CC1CCCC(Sc2ccc(C=O)c(Br)c2)C1. The smallest absolute Gasteiger partial charge is 0.151 e. The van der Waals surface area contributed by atoms with E-state index in [2.05, 4.69) is 35.0 Å². The van der Waals surface area contributed by atoms with E-state index in [9.17, 15) is 4.79 Å². The summed E-state index contributed by atoms with van der Waals surface area (Å²) >= 11 is 5.40. The van der Waals surface area contributed by atoms with E-state index >= 15 is 0 Å². The Morgan fingerprint density at radius 1 is 1.41 bits per heavy atom. The molecule has 0 N–H and O–H groups in total. The summed E-state index contributed by atoms with van der Waals surface area (Å²) in [7, 11) is 0. The highest BCUT2D eigenvalue weighted by Gasteiger charge is 2.19. The van der Waals surface area contributed by atoms with Crippen molar-refractivity contribution in [1.82, 2.24) is 0 Å². The van der Waals surface area contributed by atoms with Gasteiger partial charge in [0.2, 0.25) is 0 Å². The lowest BCUT2D eigenvalue weighted by molar-refractivity contribution is 0.112. The molecule has 2 rings (SSSR count). The van der Waals surface area contributed by atoms with Gasteiger partial charge in [0.1, 0.15) is 0 Å². The van der Waals surface area contributed by atoms with E-state index in [0.29, 0.717) is 0 Å². The summed E-state index contributed by atoms with van der Waals surface area (Å²) in [5, 5.41) is 0.743. The highest BCUT2D eigenvalue weighted by atomic mass is 79.9. The molecule has 2 atom stereocenters. The van der Waals surface area contributed by atoms with Gasteiger partial charge in [-0.2, -0.15) is 0 Å². The van der Waals surface area contributed by atoms with Gasteiger partial charge in [-0.25, -0.2) is 0 Å². The molecule has 0 aromatic heterocycles. The zero-order valence-electron chi connectivity index (χ0n) is 9.99. The minimum absolute atomic E-state index is 0.728. The molecule has 2 unspecified atom stereocenters. The quantitative estimate of drug-likeness (QED) is 0.736. The Morgan fingerprint density at radius 3 is 2.88 bits per heavy atom. The van der Waals surface area contributed by atoms with E-state index in [1.807, 2.05) is 17.8 Å². The van der Waals surface area contributed by atoms with Crippen molar-refractivity contribution in [2.75, 3.05) is 0 Å². The van der Waals surface area contributed by atoms with E-state index in [4.69, 9.17) is 0 Å². The molecule has 0 aliphatic heterocycles. The van der Waals surface area contributed by atoms with Gasteiger partial charge in [0.05, 0.1) is 0 Å². The molecule has 0 amide bonds. The molecule has 0 spiro atoms. The number of rotatable bonds is 3. The normalized spacial score (nSPS) is 24.6. The van der Waals surface area contributed by atoms with Crippen molar-refractivity contribution < 1.29 is 4.79 Å². The molecule has 17 heavy (non-hydrogen) atoms. The van der Waals surface area contributed by atoms with E-state index in [0.717, 1.165) is 27.5 Å². The van der Waals surface area contributed by atoms with Crippen LogP contribution in [0.5, 0.6) is 0 Å². The number of benzene rings is 1. The predicted molar refractivity (Wildman–Crippen MR) is 76.8 cm³/mol. The Bertz CT molecular complexity index is 405. The van der Waals surface area contributed by atoms with Crippen LogP contribution in [0.1, 0.15) is 43.0 Å². The van der Waals surface area contributed by atoms with Crippen molar-refractivity contribution >= 4 is 34.0 Å². The lowest BCUT2D eigenvalue weighted by Crippen LogP contribution is -2.14. The third kappa shape index (κ3) is 3.59. The van der Waals surface area contributed by atoms with Crippen LogP contribution < -0.4 is 0 Å². The maximum absolute atomic E-state index is 10.7. The summed E-state index contributed by atoms with van der Waals surface area (Å²) < 4.78 is 0.904. The third-order valence-corrected chi connectivity index (χ3v) is 5.26. The van der Waals surface area contributed by atoms with Crippen LogP contribution in [0, 0.1) is 5.92 Å². The zero-order chi connectivity index (χ0) is 12.3. The minimum atomic E-state index is 0.728. The fraction of sp³-hybridized carbons (Fsp3) is 0.500. The highest BCUT2D eigenvalue weighted by molar-refractivity contribution is 9.10. The summed E-state index contributed by atoms with van der Waals surface area (Å²) in [5.41, 5.74) is 0.728. The number of hydrogen-bond acceptors (Lipinski definition) is 2. The number of thioether (sulfide) groups is 1. The van der Waals surface area contributed by atoms with Gasteiger partial charge in [-0.1, -0.05) is 35.7 Å². The van der Waals surface area contributed by atoms with Crippen molar-refractivity contribution in [3.8, 4) is 0 Å². The van der Waals surface area contributed by atoms with Crippen molar-refractivity contribution in [3.63, 3.8) is 0 Å². The van der Waals surface area contributed by atoms with Crippen LogP contribution in [0.4, 0.5) is 0 Å². The molecule has 0 heterocycles. The summed E-state index contributed by atoms with van der Waals surface area (Å²) in [6.45, 7) is 2.35. The van der Waals surface area contributed by atoms with E-state index in [1.165, 1.54) is 30.6 Å². The molecule has 3 heteroatoms. The van der Waals surface area contributed by atoms with Gasteiger partial charge in [-0.3, -0.25) is 4.79 Å². The first-order chi connectivity index (χ1) is 8.19. The molecular weight excluding hydrogens is 296 g/mol. The third-order valence-electron chi connectivity index (χ3n) is 3.29. The molecule has 1 saturated carbocycles. The van der Waals surface area contributed by atoms with Gasteiger partial charge in [-0.05, 0) is 37.0 Å². The fourth-order valence-corrected chi connectivity index (χ4v) is 4.41. The molecule has 1 aliphatic rings. The summed E-state index contributed by atoms with van der Waals surface area (Å²) in [5.74, 6) is 0.860. The van der Waals surface area contributed by atoms with Gasteiger partial charge in [0.25, 0.3) is 0 Å². The van der Waals surface area contributed by atoms with E-state index in [-0.39, 0.29) is 0 Å². The molecule has 1 aromatic carbocycles. The molecule has 1 aromatic rings. The topological polar surface area (TPSA) is 17.1 Å². The first kappa shape index (κ1) is 13.2. The van der Waals surface area contributed by atoms with Crippen molar-refractivity contribution in [3.05, 3.63) is 28.2 Å². The Morgan fingerprint density at radius 2 is 2.24 bits per heavy atom. The number of carbonyl (C=O) groups is 1. The van der Waals surface area contributed by atoms with Gasteiger partial charge < -0.3 is 0 Å². The molecule has 1 aliphatic carbocycles. The van der Waals surface area contributed by atoms with Crippen LogP contribution >= 0.6 is 27.7 Å². The average Bonchev–Trinajstić information content (AvgIpc) is 2.29. The minimum Gasteiger partial charge on any atom is -0.298 e. The number of halogens is 1. The van der Waals surface area contributed by atoms with Crippen LogP contribution in [-0.2, 0) is 0 Å². The van der Waals surface area contributed by atoms with Crippen molar-refractivity contribution in [2.24, 2.45) is 5.92 Å². The summed E-state index contributed by atoms with van der Waals surface area (Å²) in [6.07, 6.45) is 6.26. The highest BCUT2D eigenvalue weighted by Crippen LogP contribution is 2.37. The number of aldehydes is 1. The summed E-state index contributed by atoms with van der Waals surface area (Å²) in [6, 6.07) is 6.01.